The van der Waals surface area contributed by atoms with Gasteiger partial charge >= 0.3 is 0 Å². The number of ether oxygens (including phenoxy) is 2. The SMILES string of the molecule is COC1(C(=O)Cc2nccn2C)CCOCC1. The summed E-state index contributed by atoms with van der Waals surface area (Å²) >= 11 is 0. The van der Waals surface area contributed by atoms with E-state index in [1.54, 1.807) is 13.3 Å². The number of Topliss-reactive ketones (excluding diaryl/α,β-unsaturated/α-hetero) is 1. The van der Waals surface area contributed by atoms with E-state index in [1.165, 1.54) is 0 Å². The molecule has 0 radical (unpaired) electrons. The summed E-state index contributed by atoms with van der Waals surface area (Å²) < 4.78 is 12.6. The van der Waals surface area contributed by atoms with E-state index in [4.69, 9.17) is 9.47 Å². The summed E-state index contributed by atoms with van der Waals surface area (Å²) in [6.45, 7) is 1.17. The minimum absolute atomic E-state index is 0.0950. The van der Waals surface area contributed by atoms with Gasteiger partial charge in [-0.15, -0.1) is 0 Å². The van der Waals surface area contributed by atoms with Gasteiger partial charge in [-0.2, -0.15) is 0 Å². The summed E-state index contributed by atoms with van der Waals surface area (Å²) in [6, 6.07) is 0. The van der Waals surface area contributed by atoms with Crippen LogP contribution in [0.4, 0.5) is 0 Å². The van der Waals surface area contributed by atoms with Crippen molar-refractivity contribution in [2.24, 2.45) is 7.05 Å². The smallest absolute Gasteiger partial charge is 0.172 e. The molecule has 0 spiro atoms. The van der Waals surface area contributed by atoms with Crippen molar-refractivity contribution >= 4 is 5.78 Å². The number of rotatable bonds is 4. The lowest BCUT2D eigenvalue weighted by Crippen LogP contribution is -2.46. The second-order valence-corrected chi connectivity index (χ2v) is 4.37. The van der Waals surface area contributed by atoms with Gasteiger partial charge in [0.05, 0.1) is 6.42 Å². The highest BCUT2D eigenvalue weighted by Crippen LogP contribution is 2.26. The monoisotopic (exact) mass is 238 g/mol. The van der Waals surface area contributed by atoms with Crippen molar-refractivity contribution in [3.8, 4) is 0 Å². The lowest BCUT2D eigenvalue weighted by atomic mass is 9.87. The van der Waals surface area contributed by atoms with Crippen LogP contribution in [0.2, 0.25) is 0 Å². The van der Waals surface area contributed by atoms with Crippen molar-refractivity contribution in [1.82, 2.24) is 9.55 Å². The Morgan fingerprint density at radius 3 is 2.82 bits per heavy atom. The Labute approximate surface area is 101 Å². The van der Waals surface area contributed by atoms with Gasteiger partial charge in [-0.05, 0) is 0 Å². The Kier molecular flexibility index (Phi) is 3.59. The van der Waals surface area contributed by atoms with Gasteiger partial charge in [-0.1, -0.05) is 0 Å². The normalized spacial score (nSPS) is 19.2. The molecule has 5 nitrogen and oxygen atoms in total. The molecule has 0 saturated carbocycles. The fourth-order valence-electron chi connectivity index (χ4n) is 2.17. The number of carbonyl (C=O) groups excluding carboxylic acids is 1. The Morgan fingerprint density at radius 1 is 1.59 bits per heavy atom. The van der Waals surface area contributed by atoms with Crippen molar-refractivity contribution in [2.75, 3.05) is 20.3 Å². The average Bonchev–Trinajstić information content (AvgIpc) is 2.76. The Bertz CT molecular complexity index is 394. The summed E-state index contributed by atoms with van der Waals surface area (Å²) in [5.74, 6) is 0.871. The van der Waals surface area contributed by atoms with Crippen LogP contribution < -0.4 is 0 Å². The van der Waals surface area contributed by atoms with Gasteiger partial charge in [0, 0.05) is 52.6 Å². The van der Waals surface area contributed by atoms with Crippen LogP contribution in [0, 0.1) is 0 Å². The molecule has 1 aliphatic heterocycles. The molecule has 0 aromatic carbocycles. The predicted molar refractivity (Wildman–Crippen MR) is 61.7 cm³/mol. The molecule has 0 N–H and O–H groups in total. The maximum Gasteiger partial charge on any atom is 0.172 e. The zero-order chi connectivity index (χ0) is 12.3. The highest BCUT2D eigenvalue weighted by atomic mass is 16.5. The van der Waals surface area contributed by atoms with Gasteiger partial charge in [0.25, 0.3) is 0 Å². The summed E-state index contributed by atoms with van der Waals surface area (Å²) in [4.78, 5) is 16.5. The molecule has 0 unspecified atom stereocenters. The molecule has 5 heteroatoms. The number of hydrogen-bond donors (Lipinski definition) is 0. The fourth-order valence-corrected chi connectivity index (χ4v) is 2.17. The van der Waals surface area contributed by atoms with E-state index < -0.39 is 5.60 Å². The number of aryl methyl sites for hydroxylation is 1. The standard InChI is InChI=1S/C12H18N2O3/c1-14-6-5-13-11(14)9-10(15)12(16-2)3-7-17-8-4-12/h5-6H,3-4,7-9H2,1-2H3. The number of aromatic nitrogens is 2. The Balaban J connectivity index is 2.10. The van der Waals surface area contributed by atoms with Crippen molar-refractivity contribution in [2.45, 2.75) is 24.9 Å². The topological polar surface area (TPSA) is 53.3 Å². The van der Waals surface area contributed by atoms with Crippen LogP contribution in [0.25, 0.3) is 0 Å². The van der Waals surface area contributed by atoms with Crippen molar-refractivity contribution in [3.05, 3.63) is 18.2 Å². The van der Waals surface area contributed by atoms with Crippen LogP contribution in [0.5, 0.6) is 0 Å². The molecular formula is C12H18N2O3. The highest BCUT2D eigenvalue weighted by Gasteiger charge is 2.40. The number of nitrogens with zero attached hydrogens (tertiary/aromatic N) is 2. The van der Waals surface area contributed by atoms with E-state index in [1.807, 2.05) is 17.8 Å². The number of methoxy groups -OCH3 is 1. The molecule has 1 aromatic heterocycles. The van der Waals surface area contributed by atoms with Crippen LogP contribution in [0.15, 0.2) is 12.4 Å². The number of ketones is 1. The Hall–Kier alpha value is -1.20. The van der Waals surface area contributed by atoms with E-state index in [0.29, 0.717) is 32.5 Å². The quantitative estimate of drug-likeness (QED) is 0.776. The summed E-state index contributed by atoms with van der Waals surface area (Å²) in [5, 5.41) is 0. The minimum Gasteiger partial charge on any atom is -0.381 e. The number of imidazole rings is 1. The van der Waals surface area contributed by atoms with Gasteiger partial charge in [-0.3, -0.25) is 4.79 Å². The van der Waals surface area contributed by atoms with E-state index in [9.17, 15) is 4.79 Å². The maximum absolute atomic E-state index is 12.3. The molecule has 0 bridgehead atoms. The first-order chi connectivity index (χ1) is 8.18. The minimum atomic E-state index is -0.676. The van der Waals surface area contributed by atoms with Gasteiger partial charge in [0.15, 0.2) is 5.78 Å². The first-order valence-corrected chi connectivity index (χ1v) is 5.80. The van der Waals surface area contributed by atoms with Gasteiger partial charge in [0.1, 0.15) is 11.4 Å². The van der Waals surface area contributed by atoms with Crippen LogP contribution in [0.3, 0.4) is 0 Å². The molecule has 1 aliphatic rings. The largest absolute Gasteiger partial charge is 0.381 e. The lowest BCUT2D eigenvalue weighted by molar-refractivity contribution is -0.152. The van der Waals surface area contributed by atoms with Crippen molar-refractivity contribution in [3.63, 3.8) is 0 Å². The molecule has 17 heavy (non-hydrogen) atoms. The van der Waals surface area contributed by atoms with Crippen LogP contribution in [0.1, 0.15) is 18.7 Å². The molecule has 1 saturated heterocycles. The molecule has 0 atom stereocenters. The number of carbonyl (C=O) groups is 1. The van der Waals surface area contributed by atoms with Crippen LogP contribution in [-0.2, 0) is 27.7 Å². The third kappa shape index (κ3) is 2.40. The lowest BCUT2D eigenvalue weighted by Gasteiger charge is -2.34. The fraction of sp³-hybridized carbons (Fsp3) is 0.667. The third-order valence-corrected chi connectivity index (χ3v) is 3.44. The molecule has 0 amide bonds. The third-order valence-electron chi connectivity index (χ3n) is 3.44. The second kappa shape index (κ2) is 4.98. The van der Waals surface area contributed by atoms with Crippen LogP contribution >= 0.6 is 0 Å². The first-order valence-electron chi connectivity index (χ1n) is 5.80. The molecule has 94 valence electrons. The molecule has 2 rings (SSSR count). The van der Waals surface area contributed by atoms with Crippen molar-refractivity contribution < 1.29 is 14.3 Å². The molecule has 1 fully saturated rings. The summed E-state index contributed by atoms with van der Waals surface area (Å²) in [6.07, 6.45) is 5.12. The summed E-state index contributed by atoms with van der Waals surface area (Å²) in [7, 11) is 3.49. The maximum atomic E-state index is 12.3. The van der Waals surface area contributed by atoms with Gasteiger partial charge in [0.2, 0.25) is 0 Å². The average molecular weight is 238 g/mol. The van der Waals surface area contributed by atoms with Crippen LogP contribution in [-0.4, -0.2) is 41.3 Å². The first kappa shape index (κ1) is 12.3. The molecule has 1 aromatic rings. The molecule has 2 heterocycles. The molecule has 0 aliphatic carbocycles. The predicted octanol–water partition coefficient (Wildman–Crippen LogP) is 0.727. The zero-order valence-electron chi connectivity index (χ0n) is 10.3. The summed E-state index contributed by atoms with van der Waals surface area (Å²) in [5.41, 5.74) is -0.676. The van der Waals surface area contributed by atoms with E-state index in [-0.39, 0.29) is 5.78 Å². The van der Waals surface area contributed by atoms with Gasteiger partial charge < -0.3 is 14.0 Å². The van der Waals surface area contributed by atoms with E-state index >= 15 is 0 Å². The molecular weight excluding hydrogens is 220 g/mol. The van der Waals surface area contributed by atoms with E-state index in [0.717, 1.165) is 5.82 Å². The van der Waals surface area contributed by atoms with Crippen molar-refractivity contribution in [1.29, 1.82) is 0 Å². The second-order valence-electron chi connectivity index (χ2n) is 4.37. The van der Waals surface area contributed by atoms with Gasteiger partial charge in [-0.25, -0.2) is 4.98 Å². The van der Waals surface area contributed by atoms with E-state index in [2.05, 4.69) is 4.98 Å². The highest BCUT2D eigenvalue weighted by molar-refractivity contribution is 5.88. The Morgan fingerprint density at radius 2 is 2.29 bits per heavy atom. The number of hydrogen-bond acceptors (Lipinski definition) is 4. The zero-order valence-corrected chi connectivity index (χ0v) is 10.3.